The number of hydrogen-bond acceptors (Lipinski definition) is 0. The van der Waals surface area contributed by atoms with Crippen molar-refractivity contribution in [1.29, 1.82) is 0 Å². The highest BCUT2D eigenvalue weighted by molar-refractivity contribution is 9.11. The monoisotopic (exact) mass is 210 g/mol. The van der Waals surface area contributed by atoms with Crippen LogP contribution in [0.3, 0.4) is 0 Å². The molecule has 0 bridgehead atoms. The third-order valence-corrected chi connectivity index (χ3v) is 2.32. The fraction of sp³-hybridized carbons (Fsp3) is 0.200. The van der Waals surface area contributed by atoms with E-state index < -0.39 is 0 Å². The summed E-state index contributed by atoms with van der Waals surface area (Å²) in [6, 6.07) is 10.4. The smallest absolute Gasteiger partial charge is 0.00452 e. The van der Waals surface area contributed by atoms with Crippen LogP contribution in [0.4, 0.5) is 0 Å². The number of halogens is 1. The molecule has 1 aromatic carbocycles. The van der Waals surface area contributed by atoms with Crippen LogP contribution in [0.25, 0.3) is 5.57 Å². The molecule has 1 aromatic rings. The van der Waals surface area contributed by atoms with Gasteiger partial charge in [-0.25, -0.2) is 0 Å². The minimum absolute atomic E-state index is 1.20. The van der Waals surface area contributed by atoms with Crippen molar-refractivity contribution in [3.8, 4) is 0 Å². The minimum Gasteiger partial charge on any atom is -0.0622 e. The molecule has 0 aliphatic carbocycles. The Labute approximate surface area is 76.1 Å². The Bertz CT molecular complexity index is 255. The minimum atomic E-state index is 1.20. The van der Waals surface area contributed by atoms with E-state index >= 15 is 0 Å². The van der Waals surface area contributed by atoms with Crippen molar-refractivity contribution in [1.82, 2.24) is 0 Å². The molecule has 0 aromatic heterocycles. The molecule has 1 rings (SSSR count). The van der Waals surface area contributed by atoms with Gasteiger partial charge in [0.25, 0.3) is 0 Å². The van der Waals surface area contributed by atoms with Crippen molar-refractivity contribution in [2.45, 2.75) is 13.8 Å². The highest BCUT2D eigenvalue weighted by Gasteiger charge is 1.95. The van der Waals surface area contributed by atoms with Crippen LogP contribution in [0.5, 0.6) is 0 Å². The second-order valence-electron chi connectivity index (χ2n) is 2.52. The molecule has 0 aliphatic rings. The molecule has 0 radical (unpaired) electrons. The number of rotatable bonds is 1. The molecule has 11 heavy (non-hydrogen) atoms. The fourth-order valence-corrected chi connectivity index (χ4v) is 1.12. The molecular formula is C10H11Br. The molecule has 0 spiro atoms. The van der Waals surface area contributed by atoms with Gasteiger partial charge < -0.3 is 0 Å². The Kier molecular flexibility index (Phi) is 2.89. The summed E-state index contributed by atoms with van der Waals surface area (Å²) >= 11 is 3.46. The topological polar surface area (TPSA) is 0 Å². The lowest BCUT2D eigenvalue weighted by molar-refractivity contribution is 1.53. The van der Waals surface area contributed by atoms with Gasteiger partial charge in [0, 0.05) is 0 Å². The zero-order chi connectivity index (χ0) is 8.27. The van der Waals surface area contributed by atoms with Crippen LogP contribution >= 0.6 is 15.9 Å². The third kappa shape index (κ3) is 2.19. The van der Waals surface area contributed by atoms with E-state index in [0.717, 1.165) is 0 Å². The van der Waals surface area contributed by atoms with Gasteiger partial charge in [-0.1, -0.05) is 46.3 Å². The van der Waals surface area contributed by atoms with E-state index in [2.05, 4.69) is 54.0 Å². The molecule has 0 amide bonds. The van der Waals surface area contributed by atoms with E-state index in [1.54, 1.807) is 0 Å². The van der Waals surface area contributed by atoms with Crippen molar-refractivity contribution in [3.63, 3.8) is 0 Å². The van der Waals surface area contributed by atoms with Crippen LogP contribution in [-0.4, -0.2) is 0 Å². The lowest BCUT2D eigenvalue weighted by Crippen LogP contribution is -1.78. The highest BCUT2D eigenvalue weighted by atomic mass is 79.9. The second-order valence-corrected chi connectivity index (χ2v) is 3.71. The molecule has 0 nitrogen and oxygen atoms in total. The Morgan fingerprint density at radius 3 is 2.09 bits per heavy atom. The van der Waals surface area contributed by atoms with Gasteiger partial charge in [-0.2, -0.15) is 0 Å². The quantitative estimate of drug-likeness (QED) is 0.662. The van der Waals surface area contributed by atoms with Crippen molar-refractivity contribution in [2.24, 2.45) is 0 Å². The molecule has 58 valence electrons. The number of hydrogen-bond donors (Lipinski definition) is 0. The first-order chi connectivity index (χ1) is 5.22. The molecule has 0 saturated carbocycles. The van der Waals surface area contributed by atoms with Gasteiger partial charge in [-0.3, -0.25) is 0 Å². The zero-order valence-corrected chi connectivity index (χ0v) is 8.35. The summed E-state index contributed by atoms with van der Waals surface area (Å²) < 4.78 is 1.20. The van der Waals surface area contributed by atoms with Gasteiger partial charge in [-0.15, -0.1) is 0 Å². The predicted octanol–water partition coefficient (Wildman–Crippen LogP) is 3.83. The molecule has 0 aliphatic heterocycles. The summed E-state index contributed by atoms with van der Waals surface area (Å²) in [5.41, 5.74) is 2.58. The van der Waals surface area contributed by atoms with E-state index in [4.69, 9.17) is 0 Å². The molecule has 0 fully saturated rings. The Morgan fingerprint density at radius 2 is 1.64 bits per heavy atom. The maximum absolute atomic E-state index is 3.46. The van der Waals surface area contributed by atoms with E-state index in [-0.39, 0.29) is 0 Å². The third-order valence-electron chi connectivity index (χ3n) is 1.72. The summed E-state index contributed by atoms with van der Waals surface area (Å²) in [6.45, 7) is 4.17. The van der Waals surface area contributed by atoms with Crippen LogP contribution in [0.1, 0.15) is 19.4 Å². The van der Waals surface area contributed by atoms with Crippen LogP contribution in [0, 0.1) is 0 Å². The SMILES string of the molecule is C/C(Br)=C(/C)c1ccccc1. The predicted molar refractivity (Wildman–Crippen MR) is 53.6 cm³/mol. The average molecular weight is 211 g/mol. The first kappa shape index (κ1) is 8.54. The Morgan fingerprint density at radius 1 is 1.09 bits per heavy atom. The standard InChI is InChI=1S/C10H11Br/c1-8(9(2)11)10-6-4-3-5-7-10/h3-7H,1-2H3/b9-8+. The molecule has 0 unspecified atom stereocenters. The molecule has 0 heterocycles. The molecular weight excluding hydrogens is 200 g/mol. The summed E-state index contributed by atoms with van der Waals surface area (Å²) in [5.74, 6) is 0. The molecule has 1 heteroatoms. The van der Waals surface area contributed by atoms with Crippen molar-refractivity contribution in [2.75, 3.05) is 0 Å². The summed E-state index contributed by atoms with van der Waals surface area (Å²) in [5, 5.41) is 0. The molecule has 0 saturated heterocycles. The van der Waals surface area contributed by atoms with Crippen molar-refractivity contribution in [3.05, 3.63) is 40.4 Å². The van der Waals surface area contributed by atoms with E-state index in [1.807, 2.05) is 6.07 Å². The largest absolute Gasteiger partial charge is 0.0622 e. The number of allylic oxidation sites excluding steroid dienone is 2. The maximum Gasteiger partial charge on any atom is -0.00452 e. The lowest BCUT2D eigenvalue weighted by atomic mass is 10.1. The van der Waals surface area contributed by atoms with Gasteiger partial charge in [0.2, 0.25) is 0 Å². The maximum atomic E-state index is 3.46. The van der Waals surface area contributed by atoms with Gasteiger partial charge >= 0.3 is 0 Å². The zero-order valence-electron chi connectivity index (χ0n) is 6.76. The van der Waals surface area contributed by atoms with Crippen LogP contribution in [-0.2, 0) is 0 Å². The summed E-state index contributed by atoms with van der Waals surface area (Å²) in [6.07, 6.45) is 0. The summed E-state index contributed by atoms with van der Waals surface area (Å²) in [7, 11) is 0. The van der Waals surface area contributed by atoms with E-state index in [1.165, 1.54) is 15.6 Å². The van der Waals surface area contributed by atoms with Gasteiger partial charge in [0.15, 0.2) is 0 Å². The summed E-state index contributed by atoms with van der Waals surface area (Å²) in [4.78, 5) is 0. The first-order valence-corrected chi connectivity index (χ1v) is 4.39. The first-order valence-electron chi connectivity index (χ1n) is 3.60. The highest BCUT2D eigenvalue weighted by Crippen LogP contribution is 2.20. The van der Waals surface area contributed by atoms with Gasteiger partial charge in [0.1, 0.15) is 0 Å². The fourth-order valence-electron chi connectivity index (χ4n) is 0.887. The normalized spacial score (nSPS) is 12.6. The molecule has 0 N–H and O–H groups in total. The molecule has 0 atom stereocenters. The number of benzene rings is 1. The van der Waals surface area contributed by atoms with Gasteiger partial charge in [-0.05, 0) is 29.5 Å². The van der Waals surface area contributed by atoms with Crippen LogP contribution < -0.4 is 0 Å². The van der Waals surface area contributed by atoms with E-state index in [9.17, 15) is 0 Å². The Hall–Kier alpha value is -0.560. The lowest BCUT2D eigenvalue weighted by Gasteiger charge is -2.01. The van der Waals surface area contributed by atoms with E-state index in [0.29, 0.717) is 0 Å². The van der Waals surface area contributed by atoms with Crippen LogP contribution in [0.15, 0.2) is 34.8 Å². The van der Waals surface area contributed by atoms with Crippen molar-refractivity contribution >= 4 is 21.5 Å². The second kappa shape index (κ2) is 3.72. The van der Waals surface area contributed by atoms with Crippen LogP contribution in [0.2, 0.25) is 0 Å². The average Bonchev–Trinajstić information content (AvgIpc) is 2.05. The Balaban J connectivity index is 3.04. The van der Waals surface area contributed by atoms with Gasteiger partial charge in [0.05, 0.1) is 0 Å². The van der Waals surface area contributed by atoms with Crippen molar-refractivity contribution < 1.29 is 0 Å².